The molecule has 0 aliphatic carbocycles. The minimum atomic E-state index is -0.709. The summed E-state index contributed by atoms with van der Waals surface area (Å²) in [6.07, 6.45) is 2.85. The van der Waals surface area contributed by atoms with Gasteiger partial charge in [0, 0.05) is 19.5 Å². The zero-order valence-electron chi connectivity index (χ0n) is 10.3. The third-order valence-corrected chi connectivity index (χ3v) is 3.46. The van der Waals surface area contributed by atoms with Gasteiger partial charge in [-0.3, -0.25) is 4.79 Å². The number of likely N-dealkylation sites (tertiary alicyclic amines) is 1. The molecule has 4 nitrogen and oxygen atoms in total. The van der Waals surface area contributed by atoms with E-state index in [2.05, 4.69) is 4.90 Å². The van der Waals surface area contributed by atoms with Crippen molar-refractivity contribution in [1.82, 2.24) is 4.90 Å². The molecule has 2 unspecified atom stereocenters. The van der Waals surface area contributed by atoms with Crippen LogP contribution in [0, 0.1) is 5.92 Å². The summed E-state index contributed by atoms with van der Waals surface area (Å²) >= 11 is 0. The molecule has 2 atom stereocenters. The summed E-state index contributed by atoms with van der Waals surface area (Å²) in [5.41, 5.74) is -0.609. The van der Waals surface area contributed by atoms with Crippen LogP contribution in [0.4, 0.5) is 0 Å². The summed E-state index contributed by atoms with van der Waals surface area (Å²) in [5, 5.41) is 18.6. The standard InChI is InChI=1S/C12H23NO3/c1-3-12(2,16)9-13-7-6-10(8-13)4-5-11(14)15/h10,16H,3-9H2,1-2H3,(H,14,15). The van der Waals surface area contributed by atoms with Crippen molar-refractivity contribution in [1.29, 1.82) is 0 Å². The predicted octanol–water partition coefficient (Wildman–Crippen LogP) is 1.33. The molecule has 1 heterocycles. The molecular weight excluding hydrogens is 206 g/mol. The first kappa shape index (κ1) is 13.5. The smallest absolute Gasteiger partial charge is 0.303 e. The monoisotopic (exact) mass is 229 g/mol. The number of rotatable bonds is 6. The Bertz CT molecular complexity index is 240. The number of hydrogen-bond acceptors (Lipinski definition) is 3. The van der Waals surface area contributed by atoms with E-state index in [0.717, 1.165) is 32.4 Å². The molecule has 94 valence electrons. The van der Waals surface area contributed by atoms with Crippen LogP contribution in [0.2, 0.25) is 0 Å². The van der Waals surface area contributed by atoms with Crippen LogP contribution >= 0.6 is 0 Å². The molecule has 0 saturated carbocycles. The van der Waals surface area contributed by atoms with Crippen molar-refractivity contribution in [2.45, 2.75) is 45.1 Å². The number of carbonyl (C=O) groups is 1. The van der Waals surface area contributed by atoms with E-state index in [1.165, 1.54) is 0 Å². The molecule has 2 N–H and O–H groups in total. The fourth-order valence-electron chi connectivity index (χ4n) is 2.21. The molecule has 1 fully saturated rings. The zero-order valence-corrected chi connectivity index (χ0v) is 10.3. The van der Waals surface area contributed by atoms with Gasteiger partial charge in [-0.15, -0.1) is 0 Å². The van der Waals surface area contributed by atoms with E-state index < -0.39 is 11.6 Å². The Morgan fingerprint density at radius 1 is 1.56 bits per heavy atom. The maximum atomic E-state index is 10.5. The summed E-state index contributed by atoms with van der Waals surface area (Å²) in [6, 6.07) is 0. The number of carboxylic acid groups (broad SMARTS) is 1. The van der Waals surface area contributed by atoms with E-state index in [4.69, 9.17) is 5.11 Å². The molecular formula is C12H23NO3. The first-order chi connectivity index (χ1) is 7.43. The van der Waals surface area contributed by atoms with Gasteiger partial charge < -0.3 is 15.1 Å². The molecule has 0 bridgehead atoms. The number of aliphatic carboxylic acids is 1. The maximum Gasteiger partial charge on any atom is 0.303 e. The molecule has 0 radical (unpaired) electrons. The van der Waals surface area contributed by atoms with Crippen molar-refractivity contribution < 1.29 is 15.0 Å². The number of nitrogens with zero attached hydrogens (tertiary/aromatic N) is 1. The molecule has 0 aromatic heterocycles. The molecule has 4 heteroatoms. The van der Waals surface area contributed by atoms with Gasteiger partial charge in [0.2, 0.25) is 0 Å². The lowest BCUT2D eigenvalue weighted by Gasteiger charge is -2.27. The highest BCUT2D eigenvalue weighted by atomic mass is 16.4. The second-order valence-electron chi connectivity index (χ2n) is 5.17. The highest BCUT2D eigenvalue weighted by molar-refractivity contribution is 5.66. The fourth-order valence-corrected chi connectivity index (χ4v) is 2.21. The van der Waals surface area contributed by atoms with E-state index in [1.54, 1.807) is 0 Å². The Morgan fingerprint density at radius 2 is 2.25 bits per heavy atom. The van der Waals surface area contributed by atoms with Gasteiger partial charge in [0.15, 0.2) is 0 Å². The number of aliphatic hydroxyl groups is 1. The van der Waals surface area contributed by atoms with E-state index in [-0.39, 0.29) is 6.42 Å². The summed E-state index contributed by atoms with van der Waals surface area (Å²) < 4.78 is 0. The quantitative estimate of drug-likeness (QED) is 0.721. The first-order valence-electron chi connectivity index (χ1n) is 6.09. The van der Waals surface area contributed by atoms with E-state index in [1.807, 2.05) is 13.8 Å². The van der Waals surface area contributed by atoms with Gasteiger partial charge >= 0.3 is 5.97 Å². The van der Waals surface area contributed by atoms with Gasteiger partial charge in [-0.25, -0.2) is 0 Å². The molecule has 16 heavy (non-hydrogen) atoms. The lowest BCUT2D eigenvalue weighted by molar-refractivity contribution is -0.137. The number of hydrogen-bond donors (Lipinski definition) is 2. The van der Waals surface area contributed by atoms with Gasteiger partial charge in [-0.2, -0.15) is 0 Å². The van der Waals surface area contributed by atoms with Crippen molar-refractivity contribution >= 4 is 5.97 Å². The molecule has 0 spiro atoms. The Kier molecular flexibility index (Phi) is 4.74. The van der Waals surface area contributed by atoms with Gasteiger partial charge in [0.25, 0.3) is 0 Å². The van der Waals surface area contributed by atoms with Gasteiger partial charge in [-0.05, 0) is 38.6 Å². The Balaban J connectivity index is 2.27. The summed E-state index contributed by atoms with van der Waals surface area (Å²) in [6.45, 7) is 6.46. The van der Waals surface area contributed by atoms with Gasteiger partial charge in [0.05, 0.1) is 5.60 Å². The minimum Gasteiger partial charge on any atom is -0.481 e. The summed E-state index contributed by atoms with van der Waals surface area (Å²) in [7, 11) is 0. The van der Waals surface area contributed by atoms with Crippen LogP contribution in [0.3, 0.4) is 0 Å². The van der Waals surface area contributed by atoms with Crippen LogP contribution < -0.4 is 0 Å². The van der Waals surface area contributed by atoms with Crippen molar-refractivity contribution in [3.05, 3.63) is 0 Å². The molecule has 1 aliphatic rings. The first-order valence-corrected chi connectivity index (χ1v) is 6.09. The highest BCUT2D eigenvalue weighted by Gasteiger charge is 2.28. The molecule has 0 amide bonds. The Labute approximate surface area is 97.3 Å². The minimum absolute atomic E-state index is 0.267. The number of β-amino-alcohol motifs (C(OH)–C–C–N with tert-alkyl or cyclic N) is 1. The molecule has 1 saturated heterocycles. The molecule has 1 rings (SSSR count). The Hall–Kier alpha value is -0.610. The largest absolute Gasteiger partial charge is 0.481 e. The number of carboxylic acids is 1. The van der Waals surface area contributed by atoms with Crippen LogP contribution in [-0.2, 0) is 4.79 Å². The predicted molar refractivity (Wildman–Crippen MR) is 62.3 cm³/mol. The Morgan fingerprint density at radius 3 is 2.81 bits per heavy atom. The van der Waals surface area contributed by atoms with Gasteiger partial charge in [0.1, 0.15) is 0 Å². The topological polar surface area (TPSA) is 60.8 Å². The maximum absolute atomic E-state index is 10.5. The third kappa shape index (κ3) is 4.49. The molecule has 0 aromatic carbocycles. The van der Waals surface area contributed by atoms with E-state index >= 15 is 0 Å². The van der Waals surface area contributed by atoms with Gasteiger partial charge in [-0.1, -0.05) is 6.92 Å². The van der Waals surface area contributed by atoms with Crippen LogP contribution in [-0.4, -0.2) is 46.3 Å². The van der Waals surface area contributed by atoms with E-state index in [0.29, 0.717) is 12.5 Å². The third-order valence-electron chi connectivity index (χ3n) is 3.46. The van der Waals surface area contributed by atoms with Crippen molar-refractivity contribution in [2.75, 3.05) is 19.6 Å². The van der Waals surface area contributed by atoms with Crippen LogP contribution in [0.15, 0.2) is 0 Å². The highest BCUT2D eigenvalue weighted by Crippen LogP contribution is 2.23. The lowest BCUT2D eigenvalue weighted by atomic mass is 10.0. The van der Waals surface area contributed by atoms with E-state index in [9.17, 15) is 9.90 Å². The normalized spacial score (nSPS) is 25.6. The van der Waals surface area contributed by atoms with Crippen molar-refractivity contribution in [3.63, 3.8) is 0 Å². The van der Waals surface area contributed by atoms with Crippen LogP contribution in [0.25, 0.3) is 0 Å². The molecule has 0 aromatic rings. The zero-order chi connectivity index (χ0) is 12.2. The van der Waals surface area contributed by atoms with Crippen LogP contribution in [0.5, 0.6) is 0 Å². The average Bonchev–Trinajstić information content (AvgIpc) is 2.62. The lowest BCUT2D eigenvalue weighted by Crippen LogP contribution is -2.39. The summed E-state index contributed by atoms with van der Waals surface area (Å²) in [4.78, 5) is 12.7. The fraction of sp³-hybridized carbons (Fsp3) is 0.917. The SMILES string of the molecule is CCC(C)(O)CN1CCC(CCC(=O)O)C1. The second kappa shape index (κ2) is 5.64. The van der Waals surface area contributed by atoms with Crippen LogP contribution in [0.1, 0.15) is 39.5 Å². The van der Waals surface area contributed by atoms with Crippen molar-refractivity contribution in [3.8, 4) is 0 Å². The second-order valence-corrected chi connectivity index (χ2v) is 5.17. The molecule has 1 aliphatic heterocycles. The summed E-state index contributed by atoms with van der Waals surface area (Å²) in [5.74, 6) is -0.220. The average molecular weight is 229 g/mol. The van der Waals surface area contributed by atoms with Crippen molar-refractivity contribution in [2.24, 2.45) is 5.92 Å².